The molecule has 0 aliphatic carbocycles. The van der Waals surface area contributed by atoms with Crippen molar-refractivity contribution in [1.82, 2.24) is 10.2 Å². The van der Waals surface area contributed by atoms with Crippen molar-refractivity contribution in [2.24, 2.45) is 0 Å². The molecule has 0 saturated heterocycles. The molecule has 2 aromatic carbocycles. The highest BCUT2D eigenvalue weighted by molar-refractivity contribution is 6.31. The Morgan fingerprint density at radius 1 is 1.07 bits per heavy atom. The van der Waals surface area contributed by atoms with Crippen LogP contribution in [0.5, 0.6) is 0 Å². The van der Waals surface area contributed by atoms with Crippen molar-refractivity contribution in [1.29, 1.82) is 0 Å². The Morgan fingerprint density at radius 2 is 1.69 bits per heavy atom. The summed E-state index contributed by atoms with van der Waals surface area (Å²) < 4.78 is 0. The maximum absolute atomic E-state index is 13.1. The van der Waals surface area contributed by atoms with Gasteiger partial charge in [0.05, 0.1) is 0 Å². The van der Waals surface area contributed by atoms with E-state index in [0.29, 0.717) is 24.4 Å². The monoisotopic (exact) mass is 414 g/mol. The van der Waals surface area contributed by atoms with Gasteiger partial charge in [0.1, 0.15) is 6.04 Å². The predicted molar refractivity (Wildman–Crippen MR) is 119 cm³/mol. The molecule has 0 spiro atoms. The molecule has 0 bridgehead atoms. The van der Waals surface area contributed by atoms with Gasteiger partial charge in [0.25, 0.3) is 0 Å². The smallest absolute Gasteiger partial charge is 0.242 e. The molecule has 156 valence electrons. The Hall–Kier alpha value is -2.33. The van der Waals surface area contributed by atoms with Crippen LogP contribution < -0.4 is 5.32 Å². The Kier molecular flexibility index (Phi) is 7.86. The molecule has 0 aromatic heterocycles. The predicted octanol–water partition coefficient (Wildman–Crippen LogP) is 4.91. The number of nitrogens with zero attached hydrogens (tertiary/aromatic N) is 1. The van der Waals surface area contributed by atoms with Gasteiger partial charge in [-0.05, 0) is 58.2 Å². The lowest BCUT2D eigenvalue weighted by Crippen LogP contribution is -2.52. The number of carbonyl (C=O) groups is 2. The summed E-state index contributed by atoms with van der Waals surface area (Å²) in [4.78, 5) is 27.5. The first-order chi connectivity index (χ1) is 13.6. The third-order valence-corrected chi connectivity index (χ3v) is 5.07. The molecule has 2 aromatic rings. The normalized spacial score (nSPS) is 12.3. The van der Waals surface area contributed by atoms with Gasteiger partial charge in [-0.25, -0.2) is 0 Å². The summed E-state index contributed by atoms with van der Waals surface area (Å²) >= 11 is 6.23. The summed E-state index contributed by atoms with van der Waals surface area (Å²) in [6.07, 6.45) is 0.833. The zero-order valence-electron chi connectivity index (χ0n) is 18.0. The molecule has 0 aliphatic rings. The fourth-order valence-corrected chi connectivity index (χ4v) is 3.26. The van der Waals surface area contributed by atoms with E-state index >= 15 is 0 Å². The summed E-state index contributed by atoms with van der Waals surface area (Å²) in [7, 11) is 0. The first-order valence-corrected chi connectivity index (χ1v) is 10.3. The lowest BCUT2D eigenvalue weighted by atomic mass is 10.1. The highest BCUT2D eigenvalue weighted by Gasteiger charge is 2.28. The molecular formula is C24H31ClN2O2. The number of benzene rings is 2. The summed E-state index contributed by atoms with van der Waals surface area (Å²) in [6, 6.07) is 15.0. The van der Waals surface area contributed by atoms with Crippen molar-refractivity contribution in [3.63, 3.8) is 0 Å². The molecule has 1 N–H and O–H groups in total. The zero-order valence-corrected chi connectivity index (χ0v) is 18.7. The van der Waals surface area contributed by atoms with Crippen LogP contribution in [0.15, 0.2) is 48.5 Å². The summed E-state index contributed by atoms with van der Waals surface area (Å²) in [5.41, 5.74) is 2.73. The van der Waals surface area contributed by atoms with E-state index in [1.54, 1.807) is 11.8 Å². The van der Waals surface area contributed by atoms with E-state index in [1.807, 2.05) is 76.2 Å². The molecular weight excluding hydrogens is 384 g/mol. The number of rotatable bonds is 7. The average molecular weight is 415 g/mol. The second-order valence-corrected chi connectivity index (χ2v) is 8.92. The van der Waals surface area contributed by atoms with Gasteiger partial charge in [-0.3, -0.25) is 9.59 Å². The fourth-order valence-electron chi connectivity index (χ4n) is 3.03. The minimum absolute atomic E-state index is 0.0675. The van der Waals surface area contributed by atoms with Gasteiger partial charge in [0.2, 0.25) is 11.8 Å². The van der Waals surface area contributed by atoms with E-state index < -0.39 is 6.04 Å². The number of halogens is 1. The van der Waals surface area contributed by atoms with Crippen molar-refractivity contribution < 1.29 is 9.59 Å². The molecule has 0 heterocycles. The summed E-state index contributed by atoms with van der Waals surface area (Å²) in [5.74, 6) is -0.224. The van der Waals surface area contributed by atoms with E-state index in [-0.39, 0.29) is 17.4 Å². The maximum Gasteiger partial charge on any atom is 0.242 e. The Labute approximate surface area is 179 Å². The van der Waals surface area contributed by atoms with E-state index in [4.69, 9.17) is 11.6 Å². The highest BCUT2D eigenvalue weighted by atomic mass is 35.5. The quantitative estimate of drug-likeness (QED) is 0.699. The molecule has 5 heteroatoms. The van der Waals surface area contributed by atoms with E-state index in [0.717, 1.165) is 16.7 Å². The number of hydrogen-bond acceptors (Lipinski definition) is 2. The third-order valence-electron chi connectivity index (χ3n) is 4.71. The van der Waals surface area contributed by atoms with E-state index in [1.165, 1.54) is 0 Å². The number of amides is 2. The third kappa shape index (κ3) is 7.21. The van der Waals surface area contributed by atoms with Crippen LogP contribution in [0, 0.1) is 6.92 Å². The topological polar surface area (TPSA) is 49.4 Å². The standard InChI is InChI=1S/C24H31ClN2O2/c1-17-10-12-19(13-11-17)16-27(18(2)23(29)26-24(3,4)5)22(28)15-14-20-8-6-7-9-21(20)25/h6-13,18H,14-16H2,1-5H3,(H,26,29)/t18-/m1/s1. The average Bonchev–Trinajstić information content (AvgIpc) is 2.64. The number of aryl methyl sites for hydroxylation is 2. The Bertz CT molecular complexity index is 841. The zero-order chi connectivity index (χ0) is 21.6. The van der Waals surface area contributed by atoms with Crippen LogP contribution in [-0.4, -0.2) is 28.3 Å². The molecule has 0 radical (unpaired) electrons. The Balaban J connectivity index is 2.18. The van der Waals surface area contributed by atoms with Crippen LogP contribution in [0.4, 0.5) is 0 Å². The molecule has 2 rings (SSSR count). The van der Waals surface area contributed by atoms with Crippen LogP contribution in [0.1, 0.15) is 50.8 Å². The Morgan fingerprint density at radius 3 is 2.28 bits per heavy atom. The van der Waals surface area contributed by atoms with Crippen LogP contribution in [0.25, 0.3) is 0 Å². The van der Waals surface area contributed by atoms with Crippen LogP contribution >= 0.6 is 11.6 Å². The largest absolute Gasteiger partial charge is 0.350 e. The highest BCUT2D eigenvalue weighted by Crippen LogP contribution is 2.19. The molecule has 1 atom stereocenters. The molecule has 2 amide bonds. The SMILES string of the molecule is Cc1ccc(CN(C(=O)CCc2ccccc2Cl)[C@H](C)C(=O)NC(C)(C)C)cc1. The minimum atomic E-state index is -0.575. The van der Waals surface area contributed by atoms with Gasteiger partial charge >= 0.3 is 0 Å². The van der Waals surface area contributed by atoms with Gasteiger partial charge in [-0.1, -0.05) is 59.6 Å². The molecule has 0 unspecified atom stereocenters. The van der Waals surface area contributed by atoms with Crippen LogP contribution in [0.3, 0.4) is 0 Å². The van der Waals surface area contributed by atoms with Gasteiger partial charge < -0.3 is 10.2 Å². The van der Waals surface area contributed by atoms with Crippen LogP contribution in [-0.2, 0) is 22.6 Å². The first-order valence-electron chi connectivity index (χ1n) is 9.97. The maximum atomic E-state index is 13.1. The molecule has 0 aliphatic heterocycles. The minimum Gasteiger partial charge on any atom is -0.350 e. The van der Waals surface area contributed by atoms with Crippen molar-refractivity contribution in [2.75, 3.05) is 0 Å². The fraction of sp³-hybridized carbons (Fsp3) is 0.417. The van der Waals surface area contributed by atoms with Gasteiger partial charge in [-0.2, -0.15) is 0 Å². The first kappa shape index (κ1) is 23.0. The van der Waals surface area contributed by atoms with Crippen molar-refractivity contribution >= 4 is 23.4 Å². The van der Waals surface area contributed by atoms with Crippen molar-refractivity contribution in [3.05, 3.63) is 70.2 Å². The van der Waals surface area contributed by atoms with Crippen molar-refractivity contribution in [3.8, 4) is 0 Å². The molecule has 0 saturated carbocycles. The lowest BCUT2D eigenvalue weighted by molar-refractivity contribution is -0.141. The summed E-state index contributed by atoms with van der Waals surface area (Å²) in [5, 5.41) is 3.63. The number of hydrogen-bond donors (Lipinski definition) is 1. The lowest BCUT2D eigenvalue weighted by Gasteiger charge is -2.31. The molecule has 29 heavy (non-hydrogen) atoms. The van der Waals surface area contributed by atoms with Gasteiger partial charge in [0.15, 0.2) is 0 Å². The van der Waals surface area contributed by atoms with E-state index in [2.05, 4.69) is 5.32 Å². The van der Waals surface area contributed by atoms with E-state index in [9.17, 15) is 9.59 Å². The summed E-state index contributed by atoms with van der Waals surface area (Å²) in [6.45, 7) is 9.99. The number of nitrogens with one attached hydrogen (secondary N) is 1. The second-order valence-electron chi connectivity index (χ2n) is 8.51. The van der Waals surface area contributed by atoms with Crippen LogP contribution in [0.2, 0.25) is 5.02 Å². The molecule has 4 nitrogen and oxygen atoms in total. The molecule has 0 fully saturated rings. The number of carbonyl (C=O) groups excluding carboxylic acids is 2. The van der Waals surface area contributed by atoms with Crippen molar-refractivity contribution in [2.45, 2.75) is 65.6 Å². The van der Waals surface area contributed by atoms with Gasteiger partial charge in [-0.15, -0.1) is 0 Å². The van der Waals surface area contributed by atoms with Gasteiger partial charge in [0, 0.05) is 23.5 Å². The second kappa shape index (κ2) is 9.93.